The van der Waals surface area contributed by atoms with E-state index in [9.17, 15) is 0 Å². The van der Waals surface area contributed by atoms with Gasteiger partial charge in [-0.15, -0.1) is 0 Å². The van der Waals surface area contributed by atoms with Crippen molar-refractivity contribution >= 4 is 22.6 Å². The average Bonchev–Trinajstić information content (AvgIpc) is 2.50. The molecule has 0 aliphatic carbocycles. The number of ether oxygens (including phenoxy) is 1. The molecule has 0 amide bonds. The summed E-state index contributed by atoms with van der Waals surface area (Å²) in [5.41, 5.74) is 2.58. The van der Waals surface area contributed by atoms with Crippen LogP contribution in [0.1, 0.15) is 31.0 Å². The van der Waals surface area contributed by atoms with E-state index in [-0.39, 0.29) is 6.04 Å². The second-order valence-electron chi connectivity index (χ2n) is 4.91. The molecule has 112 valence electrons. The lowest BCUT2D eigenvalue weighted by Crippen LogP contribution is -2.23. The zero-order chi connectivity index (χ0) is 15.1. The second kappa shape index (κ2) is 8.39. The third-order valence-corrected chi connectivity index (χ3v) is 4.12. The second-order valence-corrected chi connectivity index (χ2v) is 6.16. The molecule has 0 saturated heterocycles. The molecule has 0 aliphatic rings. The minimum atomic E-state index is 0.276. The number of hydrogen-bond donors (Lipinski definition) is 1. The van der Waals surface area contributed by atoms with Gasteiger partial charge in [-0.05, 0) is 66.2 Å². The number of para-hydroxylation sites is 1. The first-order valence-corrected chi connectivity index (χ1v) is 8.52. The molecule has 3 heteroatoms. The molecule has 2 aromatic carbocycles. The topological polar surface area (TPSA) is 21.3 Å². The van der Waals surface area contributed by atoms with Gasteiger partial charge in [0.2, 0.25) is 0 Å². The molecule has 0 aliphatic heterocycles. The van der Waals surface area contributed by atoms with Gasteiger partial charge in [-0.2, -0.15) is 0 Å². The molecule has 0 saturated carbocycles. The quantitative estimate of drug-likeness (QED) is 0.693. The molecule has 1 unspecified atom stereocenters. The number of hydrogen-bond acceptors (Lipinski definition) is 2. The SMILES string of the molecule is CCNC(Cc1ccc(I)cc1)c1ccccc1OCC. The predicted octanol–water partition coefficient (Wildman–Crippen LogP) is 4.58. The minimum Gasteiger partial charge on any atom is -0.494 e. The summed E-state index contributed by atoms with van der Waals surface area (Å²) in [5, 5.41) is 3.58. The summed E-state index contributed by atoms with van der Waals surface area (Å²) in [7, 11) is 0. The Hall–Kier alpha value is -1.07. The highest BCUT2D eigenvalue weighted by molar-refractivity contribution is 14.1. The van der Waals surface area contributed by atoms with Gasteiger partial charge in [-0.25, -0.2) is 0 Å². The van der Waals surface area contributed by atoms with Crippen LogP contribution in [0.5, 0.6) is 5.75 Å². The first-order chi connectivity index (χ1) is 10.2. The molecule has 0 heterocycles. The molecule has 1 N–H and O–H groups in total. The van der Waals surface area contributed by atoms with E-state index in [1.54, 1.807) is 0 Å². The molecular weight excluding hydrogens is 373 g/mol. The lowest BCUT2D eigenvalue weighted by Gasteiger charge is -2.21. The molecule has 0 spiro atoms. The van der Waals surface area contributed by atoms with Crippen molar-refractivity contribution in [3.8, 4) is 5.75 Å². The average molecular weight is 395 g/mol. The van der Waals surface area contributed by atoms with Crippen molar-refractivity contribution in [3.05, 3.63) is 63.2 Å². The lowest BCUT2D eigenvalue weighted by atomic mass is 9.98. The molecule has 21 heavy (non-hydrogen) atoms. The maximum Gasteiger partial charge on any atom is 0.124 e. The van der Waals surface area contributed by atoms with Crippen molar-refractivity contribution < 1.29 is 4.74 Å². The normalized spacial score (nSPS) is 12.1. The van der Waals surface area contributed by atoms with E-state index in [1.807, 2.05) is 13.0 Å². The smallest absolute Gasteiger partial charge is 0.124 e. The van der Waals surface area contributed by atoms with E-state index >= 15 is 0 Å². The molecule has 2 aromatic rings. The molecule has 1 atom stereocenters. The van der Waals surface area contributed by atoms with Crippen LogP contribution in [0.2, 0.25) is 0 Å². The first-order valence-electron chi connectivity index (χ1n) is 7.44. The maximum atomic E-state index is 5.78. The van der Waals surface area contributed by atoms with Crippen molar-refractivity contribution in [1.82, 2.24) is 5.32 Å². The molecule has 2 nitrogen and oxygen atoms in total. The van der Waals surface area contributed by atoms with Gasteiger partial charge < -0.3 is 10.1 Å². The Morgan fingerprint density at radius 2 is 1.76 bits per heavy atom. The largest absolute Gasteiger partial charge is 0.494 e. The zero-order valence-electron chi connectivity index (χ0n) is 12.6. The number of benzene rings is 2. The van der Waals surface area contributed by atoms with Crippen molar-refractivity contribution in [3.63, 3.8) is 0 Å². The van der Waals surface area contributed by atoms with Gasteiger partial charge in [0.25, 0.3) is 0 Å². The highest BCUT2D eigenvalue weighted by atomic mass is 127. The van der Waals surface area contributed by atoms with E-state index < -0.39 is 0 Å². The van der Waals surface area contributed by atoms with Crippen molar-refractivity contribution in [2.75, 3.05) is 13.2 Å². The van der Waals surface area contributed by atoms with Gasteiger partial charge in [0.1, 0.15) is 5.75 Å². The Morgan fingerprint density at radius 1 is 1.05 bits per heavy atom. The Balaban J connectivity index is 2.24. The standard InChI is InChI=1S/C18H22INO/c1-3-20-17(13-14-9-11-15(19)12-10-14)16-7-5-6-8-18(16)21-4-2/h5-12,17,20H,3-4,13H2,1-2H3. The minimum absolute atomic E-state index is 0.276. The van der Waals surface area contributed by atoms with Gasteiger partial charge in [0.15, 0.2) is 0 Å². The Labute approximate surface area is 141 Å². The summed E-state index contributed by atoms with van der Waals surface area (Å²) in [5.74, 6) is 0.983. The van der Waals surface area contributed by atoms with Crippen molar-refractivity contribution in [2.24, 2.45) is 0 Å². The number of rotatable bonds is 7. The number of likely N-dealkylation sites (N-methyl/N-ethyl adjacent to an activating group) is 1. The van der Waals surface area contributed by atoms with Crippen LogP contribution in [-0.4, -0.2) is 13.2 Å². The number of halogens is 1. The van der Waals surface area contributed by atoms with E-state index in [0.717, 1.165) is 18.7 Å². The van der Waals surface area contributed by atoms with Crippen LogP contribution in [0.3, 0.4) is 0 Å². The molecule has 2 rings (SSSR count). The fraction of sp³-hybridized carbons (Fsp3) is 0.333. The van der Waals surface area contributed by atoms with Crippen LogP contribution in [0.15, 0.2) is 48.5 Å². The van der Waals surface area contributed by atoms with Gasteiger partial charge in [-0.1, -0.05) is 37.3 Å². The van der Waals surface area contributed by atoms with Gasteiger partial charge >= 0.3 is 0 Å². The van der Waals surface area contributed by atoms with Crippen LogP contribution in [-0.2, 0) is 6.42 Å². The lowest BCUT2D eigenvalue weighted by molar-refractivity contribution is 0.331. The van der Waals surface area contributed by atoms with E-state index in [2.05, 4.69) is 77.3 Å². The highest BCUT2D eigenvalue weighted by Crippen LogP contribution is 2.28. The third-order valence-electron chi connectivity index (χ3n) is 3.40. The Kier molecular flexibility index (Phi) is 6.51. The highest BCUT2D eigenvalue weighted by Gasteiger charge is 2.15. The fourth-order valence-electron chi connectivity index (χ4n) is 2.45. The van der Waals surface area contributed by atoms with E-state index in [0.29, 0.717) is 6.61 Å². The summed E-state index contributed by atoms with van der Waals surface area (Å²) < 4.78 is 7.05. The van der Waals surface area contributed by atoms with Gasteiger partial charge in [0.05, 0.1) is 6.61 Å². The summed E-state index contributed by atoms with van der Waals surface area (Å²) in [6, 6.07) is 17.3. The first kappa shape index (κ1) is 16.3. The molecule has 0 aromatic heterocycles. The summed E-state index contributed by atoms with van der Waals surface area (Å²) >= 11 is 2.34. The zero-order valence-corrected chi connectivity index (χ0v) is 14.8. The number of nitrogens with one attached hydrogen (secondary N) is 1. The molecule has 0 radical (unpaired) electrons. The van der Waals surface area contributed by atoms with Crippen molar-refractivity contribution in [2.45, 2.75) is 26.3 Å². The Bertz CT molecular complexity index is 553. The van der Waals surface area contributed by atoms with Crippen LogP contribution in [0.4, 0.5) is 0 Å². The summed E-state index contributed by atoms with van der Waals surface area (Å²) in [6.07, 6.45) is 0.967. The van der Waals surface area contributed by atoms with Crippen LogP contribution < -0.4 is 10.1 Å². The van der Waals surface area contributed by atoms with Crippen LogP contribution in [0.25, 0.3) is 0 Å². The summed E-state index contributed by atoms with van der Waals surface area (Å²) in [4.78, 5) is 0. The van der Waals surface area contributed by atoms with E-state index in [1.165, 1.54) is 14.7 Å². The summed E-state index contributed by atoms with van der Waals surface area (Å²) in [6.45, 7) is 5.80. The third kappa shape index (κ3) is 4.71. The van der Waals surface area contributed by atoms with E-state index in [4.69, 9.17) is 4.74 Å². The van der Waals surface area contributed by atoms with Crippen molar-refractivity contribution in [1.29, 1.82) is 0 Å². The molecule has 0 bridgehead atoms. The van der Waals surface area contributed by atoms with Crippen LogP contribution >= 0.6 is 22.6 Å². The monoisotopic (exact) mass is 395 g/mol. The van der Waals surface area contributed by atoms with Gasteiger partial charge in [0, 0.05) is 15.2 Å². The fourth-order valence-corrected chi connectivity index (χ4v) is 2.81. The van der Waals surface area contributed by atoms with Crippen LogP contribution in [0, 0.1) is 3.57 Å². The predicted molar refractivity (Wildman–Crippen MR) is 96.9 cm³/mol. The maximum absolute atomic E-state index is 5.78. The van der Waals surface area contributed by atoms with Gasteiger partial charge in [-0.3, -0.25) is 0 Å². The molecular formula is C18H22INO. The molecule has 0 fully saturated rings. The Morgan fingerprint density at radius 3 is 2.43 bits per heavy atom.